The van der Waals surface area contributed by atoms with Gasteiger partial charge >= 0.3 is 0 Å². The minimum atomic E-state index is -0.832. The molecular formula is C15H26N2O3. The monoisotopic (exact) mass is 282 g/mol. The first-order valence-electron chi connectivity index (χ1n) is 7.41. The molecule has 0 bridgehead atoms. The lowest BCUT2D eigenvalue weighted by molar-refractivity contribution is -0.165. The number of carbonyl (C=O) groups is 2. The first-order valence-corrected chi connectivity index (χ1v) is 7.41. The fraction of sp³-hybridized carbons (Fsp3) is 0.867. The molecule has 1 saturated heterocycles. The number of nitrogens with zero attached hydrogens (tertiary/aromatic N) is 1. The molecule has 1 aliphatic heterocycles. The number of hydrogen-bond acceptors (Lipinski definition) is 3. The van der Waals surface area contributed by atoms with Crippen LogP contribution in [-0.2, 0) is 14.3 Å². The standard InChI is InChI=1S/C15H26N2O3/c1-10(2)11-12(18)16-14(3,4)13(19)17(11)9-15(20-5)7-6-8-15/h10-11H,6-9H2,1-5H3,(H,16,18). The Morgan fingerprint density at radius 1 is 1.35 bits per heavy atom. The smallest absolute Gasteiger partial charge is 0.248 e. The number of amides is 2. The van der Waals surface area contributed by atoms with Crippen molar-refractivity contribution < 1.29 is 14.3 Å². The van der Waals surface area contributed by atoms with Gasteiger partial charge in [0.25, 0.3) is 0 Å². The van der Waals surface area contributed by atoms with E-state index in [4.69, 9.17) is 4.74 Å². The van der Waals surface area contributed by atoms with Crippen molar-refractivity contribution >= 4 is 11.8 Å². The zero-order chi connectivity index (χ0) is 15.1. The molecule has 0 spiro atoms. The minimum absolute atomic E-state index is 0.0147. The molecule has 1 saturated carbocycles. The molecule has 114 valence electrons. The van der Waals surface area contributed by atoms with Crippen molar-refractivity contribution in [3.63, 3.8) is 0 Å². The lowest BCUT2D eigenvalue weighted by Gasteiger charge is -2.50. The van der Waals surface area contributed by atoms with E-state index >= 15 is 0 Å². The van der Waals surface area contributed by atoms with E-state index in [2.05, 4.69) is 5.32 Å². The summed E-state index contributed by atoms with van der Waals surface area (Å²) < 4.78 is 5.63. The molecule has 5 nitrogen and oxygen atoms in total. The molecule has 5 heteroatoms. The molecule has 0 aromatic rings. The SMILES string of the molecule is COC1(CN2C(=O)C(C)(C)NC(=O)C2C(C)C)CCC1. The summed E-state index contributed by atoms with van der Waals surface area (Å²) in [4.78, 5) is 26.8. The average Bonchev–Trinajstić information content (AvgIpc) is 2.28. The Morgan fingerprint density at radius 3 is 2.35 bits per heavy atom. The number of rotatable bonds is 4. The zero-order valence-corrected chi connectivity index (χ0v) is 13.2. The molecule has 1 atom stereocenters. The minimum Gasteiger partial charge on any atom is -0.376 e. The van der Waals surface area contributed by atoms with Gasteiger partial charge in [-0.25, -0.2) is 0 Å². The van der Waals surface area contributed by atoms with Crippen molar-refractivity contribution in [1.29, 1.82) is 0 Å². The van der Waals surface area contributed by atoms with Crippen LogP contribution in [0.1, 0.15) is 47.0 Å². The molecular weight excluding hydrogens is 256 g/mol. The molecule has 0 aromatic heterocycles. The third-order valence-corrected chi connectivity index (χ3v) is 4.62. The summed E-state index contributed by atoms with van der Waals surface area (Å²) in [6.45, 7) is 7.99. The van der Waals surface area contributed by atoms with Crippen LogP contribution >= 0.6 is 0 Å². The zero-order valence-electron chi connectivity index (χ0n) is 13.2. The highest BCUT2D eigenvalue weighted by molar-refractivity contribution is 5.99. The Balaban J connectivity index is 2.28. The van der Waals surface area contributed by atoms with Crippen molar-refractivity contribution in [1.82, 2.24) is 10.2 Å². The highest BCUT2D eigenvalue weighted by Gasteiger charge is 2.50. The number of ether oxygens (including phenoxy) is 1. The number of piperazine rings is 1. The predicted molar refractivity (Wildman–Crippen MR) is 76.2 cm³/mol. The second kappa shape index (κ2) is 5.02. The number of carbonyl (C=O) groups excluding carboxylic acids is 2. The van der Waals surface area contributed by atoms with Gasteiger partial charge in [-0.2, -0.15) is 0 Å². The van der Waals surface area contributed by atoms with Crippen molar-refractivity contribution in [2.24, 2.45) is 5.92 Å². The van der Waals surface area contributed by atoms with E-state index in [-0.39, 0.29) is 23.3 Å². The van der Waals surface area contributed by atoms with Gasteiger partial charge in [-0.15, -0.1) is 0 Å². The lowest BCUT2D eigenvalue weighted by atomic mass is 9.78. The van der Waals surface area contributed by atoms with Crippen LogP contribution in [0.2, 0.25) is 0 Å². The van der Waals surface area contributed by atoms with Crippen LogP contribution in [-0.4, -0.2) is 47.6 Å². The fourth-order valence-corrected chi connectivity index (χ4v) is 3.20. The second-order valence-electron chi connectivity index (χ2n) is 6.98. The van der Waals surface area contributed by atoms with Crippen LogP contribution in [0.3, 0.4) is 0 Å². The molecule has 1 aliphatic carbocycles. The maximum absolute atomic E-state index is 12.7. The van der Waals surface area contributed by atoms with E-state index in [1.807, 2.05) is 13.8 Å². The van der Waals surface area contributed by atoms with E-state index in [0.717, 1.165) is 19.3 Å². The molecule has 0 radical (unpaired) electrons. The summed E-state index contributed by atoms with van der Waals surface area (Å²) in [5.74, 6) is 0.0123. The van der Waals surface area contributed by atoms with Gasteiger partial charge in [0.1, 0.15) is 11.6 Å². The highest BCUT2D eigenvalue weighted by Crippen LogP contribution is 2.37. The van der Waals surface area contributed by atoms with Gasteiger partial charge in [0.05, 0.1) is 12.1 Å². The first kappa shape index (κ1) is 15.3. The van der Waals surface area contributed by atoms with E-state index in [1.165, 1.54) is 0 Å². The summed E-state index contributed by atoms with van der Waals surface area (Å²) in [6, 6.07) is -0.400. The first-order chi connectivity index (χ1) is 9.22. The lowest BCUT2D eigenvalue weighted by Crippen LogP contribution is -2.71. The Hall–Kier alpha value is -1.10. The quantitative estimate of drug-likeness (QED) is 0.846. The van der Waals surface area contributed by atoms with Crippen molar-refractivity contribution in [2.45, 2.75) is 64.1 Å². The van der Waals surface area contributed by atoms with Crippen LogP contribution in [0.5, 0.6) is 0 Å². The van der Waals surface area contributed by atoms with E-state index < -0.39 is 11.6 Å². The summed E-state index contributed by atoms with van der Waals surface area (Å²) in [5.41, 5.74) is -1.09. The van der Waals surface area contributed by atoms with Crippen LogP contribution in [0, 0.1) is 5.92 Å². The normalized spacial score (nSPS) is 28.3. The second-order valence-corrected chi connectivity index (χ2v) is 6.98. The third kappa shape index (κ3) is 2.43. The van der Waals surface area contributed by atoms with Crippen molar-refractivity contribution in [2.75, 3.05) is 13.7 Å². The highest BCUT2D eigenvalue weighted by atomic mass is 16.5. The summed E-state index contributed by atoms with van der Waals surface area (Å²) in [7, 11) is 1.70. The number of nitrogens with one attached hydrogen (secondary N) is 1. The Kier molecular flexibility index (Phi) is 3.84. The summed E-state index contributed by atoms with van der Waals surface area (Å²) in [6.07, 6.45) is 3.04. The van der Waals surface area contributed by atoms with Gasteiger partial charge in [-0.3, -0.25) is 9.59 Å². The van der Waals surface area contributed by atoms with Gasteiger partial charge < -0.3 is 15.0 Å². The molecule has 2 rings (SSSR count). The number of hydrogen-bond donors (Lipinski definition) is 1. The molecule has 0 aromatic carbocycles. The topological polar surface area (TPSA) is 58.6 Å². The van der Waals surface area contributed by atoms with Crippen LogP contribution < -0.4 is 5.32 Å². The maximum Gasteiger partial charge on any atom is 0.248 e. The summed E-state index contributed by atoms with van der Waals surface area (Å²) >= 11 is 0. The summed E-state index contributed by atoms with van der Waals surface area (Å²) in [5, 5.41) is 2.84. The molecule has 2 fully saturated rings. The average molecular weight is 282 g/mol. The molecule has 20 heavy (non-hydrogen) atoms. The van der Waals surface area contributed by atoms with Crippen molar-refractivity contribution in [3.05, 3.63) is 0 Å². The van der Waals surface area contributed by atoms with E-state index in [9.17, 15) is 9.59 Å². The fourth-order valence-electron chi connectivity index (χ4n) is 3.20. The van der Waals surface area contributed by atoms with Gasteiger partial charge in [-0.1, -0.05) is 13.8 Å². The Bertz CT molecular complexity index is 408. The molecule has 1 N–H and O–H groups in total. The Labute approximate surface area is 121 Å². The van der Waals surface area contributed by atoms with Crippen LogP contribution in [0.15, 0.2) is 0 Å². The maximum atomic E-state index is 12.7. The van der Waals surface area contributed by atoms with E-state index in [1.54, 1.807) is 25.9 Å². The van der Waals surface area contributed by atoms with Crippen molar-refractivity contribution in [3.8, 4) is 0 Å². The third-order valence-electron chi connectivity index (χ3n) is 4.62. The van der Waals surface area contributed by atoms with Crippen LogP contribution in [0.25, 0.3) is 0 Å². The van der Waals surface area contributed by atoms with Crippen LogP contribution in [0.4, 0.5) is 0 Å². The number of methoxy groups -OCH3 is 1. The Morgan fingerprint density at radius 2 is 1.95 bits per heavy atom. The largest absolute Gasteiger partial charge is 0.376 e. The van der Waals surface area contributed by atoms with E-state index in [0.29, 0.717) is 6.54 Å². The van der Waals surface area contributed by atoms with Gasteiger partial charge in [0.2, 0.25) is 11.8 Å². The molecule has 2 amide bonds. The molecule has 1 unspecified atom stereocenters. The van der Waals surface area contributed by atoms with Gasteiger partial charge in [-0.05, 0) is 39.0 Å². The molecule has 2 aliphatic rings. The van der Waals surface area contributed by atoms with Gasteiger partial charge in [0.15, 0.2) is 0 Å². The van der Waals surface area contributed by atoms with Gasteiger partial charge in [0, 0.05) is 7.11 Å². The molecule has 1 heterocycles. The predicted octanol–water partition coefficient (Wildman–Crippen LogP) is 1.32.